The van der Waals surface area contributed by atoms with Crippen LogP contribution in [0.5, 0.6) is 0 Å². The van der Waals surface area contributed by atoms with E-state index >= 15 is 0 Å². The number of rotatable bonds is 4. The molecule has 1 fully saturated rings. The Balaban J connectivity index is 2.57. The highest BCUT2D eigenvalue weighted by Crippen LogP contribution is 2.16. The number of unbranched alkanes of at least 4 members (excludes halogenated alkanes) is 1. The Morgan fingerprint density at radius 2 is 2.24 bits per heavy atom. The maximum Gasteiger partial charge on any atom is 0.410 e. The molecular weight excluding hydrogens is 226 g/mol. The molecule has 96 valence electrons. The number of ether oxygens (including phenoxy) is 1. The maximum atomic E-state index is 11.6. The van der Waals surface area contributed by atoms with Gasteiger partial charge in [-0.2, -0.15) is 0 Å². The second-order valence-electron chi connectivity index (χ2n) is 4.01. The predicted octanol–water partition coefficient (Wildman–Crippen LogP) is 1.04. The van der Waals surface area contributed by atoms with E-state index in [0.717, 1.165) is 17.7 Å². The molecule has 1 unspecified atom stereocenters. The molecule has 6 heteroatoms. The van der Waals surface area contributed by atoms with Gasteiger partial charge < -0.3 is 9.84 Å². The molecule has 1 rings (SSSR count). The van der Waals surface area contributed by atoms with Gasteiger partial charge in [0.2, 0.25) is 0 Å². The lowest BCUT2D eigenvalue weighted by Crippen LogP contribution is -2.50. The lowest BCUT2D eigenvalue weighted by Gasteiger charge is -2.31. The number of carbonyl (C=O) groups excluding carboxylic acids is 2. The number of likely N-dealkylation sites (tertiary alicyclic amines) is 1. The van der Waals surface area contributed by atoms with Gasteiger partial charge in [-0.1, -0.05) is 13.3 Å². The summed E-state index contributed by atoms with van der Waals surface area (Å²) < 4.78 is 4.95. The number of hydrogen-bond donors (Lipinski definition) is 1. The molecule has 0 aromatic rings. The second-order valence-corrected chi connectivity index (χ2v) is 4.01. The van der Waals surface area contributed by atoms with Crippen LogP contribution in [-0.4, -0.2) is 47.0 Å². The molecular formula is C11H17NO5. The van der Waals surface area contributed by atoms with E-state index in [9.17, 15) is 14.4 Å². The van der Waals surface area contributed by atoms with Crippen LogP contribution < -0.4 is 0 Å². The molecule has 0 bridgehead atoms. The molecule has 1 heterocycles. The Bertz CT molecular complexity index is 315. The van der Waals surface area contributed by atoms with Crippen molar-refractivity contribution in [2.75, 3.05) is 13.2 Å². The van der Waals surface area contributed by atoms with Gasteiger partial charge >= 0.3 is 12.1 Å². The molecule has 0 radical (unpaired) electrons. The number of nitrogens with zero attached hydrogens (tertiary/aromatic N) is 1. The summed E-state index contributed by atoms with van der Waals surface area (Å²) in [6.07, 6.45) is 1.08. The topological polar surface area (TPSA) is 83.9 Å². The molecule has 6 nitrogen and oxygen atoms in total. The van der Waals surface area contributed by atoms with Gasteiger partial charge in [0.1, 0.15) is 11.8 Å². The van der Waals surface area contributed by atoms with Crippen LogP contribution in [0.25, 0.3) is 0 Å². The van der Waals surface area contributed by atoms with Crippen molar-refractivity contribution in [3.63, 3.8) is 0 Å². The highest BCUT2D eigenvalue weighted by Gasteiger charge is 2.36. The third kappa shape index (κ3) is 3.72. The Morgan fingerprint density at radius 3 is 2.82 bits per heavy atom. The highest BCUT2D eigenvalue weighted by atomic mass is 16.6. The van der Waals surface area contributed by atoms with E-state index in [1.807, 2.05) is 6.92 Å². The van der Waals surface area contributed by atoms with Crippen LogP contribution in [0.1, 0.15) is 32.6 Å². The minimum absolute atomic E-state index is 0.126. The molecule has 1 saturated heterocycles. The summed E-state index contributed by atoms with van der Waals surface area (Å²) in [5.74, 6) is -1.29. The van der Waals surface area contributed by atoms with E-state index < -0.39 is 18.1 Å². The van der Waals surface area contributed by atoms with Gasteiger partial charge in [-0.15, -0.1) is 0 Å². The first-order valence-corrected chi connectivity index (χ1v) is 5.74. The lowest BCUT2D eigenvalue weighted by atomic mass is 10.0. The Hall–Kier alpha value is -1.59. The van der Waals surface area contributed by atoms with Crippen LogP contribution in [-0.2, 0) is 14.3 Å². The fourth-order valence-electron chi connectivity index (χ4n) is 1.65. The molecule has 1 amide bonds. The highest BCUT2D eigenvalue weighted by molar-refractivity contribution is 5.90. The van der Waals surface area contributed by atoms with Crippen LogP contribution in [0.2, 0.25) is 0 Å². The number of Topliss-reactive ketones (excluding diaryl/α,β-unsaturated/α-hetero) is 1. The van der Waals surface area contributed by atoms with Gasteiger partial charge in [0.15, 0.2) is 0 Å². The Labute approximate surface area is 99.5 Å². The standard InChI is InChI=1S/C11H17NO5/c1-2-3-6-17-11(16)12-5-4-8(13)7-9(12)10(14)15/h9H,2-7H2,1H3,(H,14,15). The quantitative estimate of drug-likeness (QED) is 0.746. The van der Waals surface area contributed by atoms with Crippen molar-refractivity contribution in [2.24, 2.45) is 0 Å². The number of carboxylic acids is 1. The fourth-order valence-corrected chi connectivity index (χ4v) is 1.65. The number of ketones is 1. The molecule has 0 saturated carbocycles. The van der Waals surface area contributed by atoms with Crippen molar-refractivity contribution in [3.05, 3.63) is 0 Å². The van der Waals surface area contributed by atoms with Crippen LogP contribution in [0.3, 0.4) is 0 Å². The smallest absolute Gasteiger partial charge is 0.410 e. The summed E-state index contributed by atoms with van der Waals surface area (Å²) in [5.41, 5.74) is 0. The molecule has 1 atom stereocenters. The third-order valence-corrected chi connectivity index (χ3v) is 2.67. The molecule has 0 aromatic carbocycles. The average molecular weight is 243 g/mol. The van der Waals surface area contributed by atoms with E-state index in [1.54, 1.807) is 0 Å². The number of carbonyl (C=O) groups is 3. The van der Waals surface area contributed by atoms with Crippen molar-refractivity contribution in [2.45, 2.75) is 38.6 Å². The second kappa shape index (κ2) is 6.22. The van der Waals surface area contributed by atoms with Gasteiger partial charge in [-0.25, -0.2) is 9.59 Å². The summed E-state index contributed by atoms with van der Waals surface area (Å²) in [6.45, 7) is 2.38. The molecule has 1 aliphatic rings. The van der Waals surface area contributed by atoms with Gasteiger partial charge in [-0.05, 0) is 6.42 Å². The Kier molecular flexibility index (Phi) is 4.93. The summed E-state index contributed by atoms with van der Waals surface area (Å²) >= 11 is 0. The van der Waals surface area contributed by atoms with Crippen molar-refractivity contribution >= 4 is 17.8 Å². The zero-order chi connectivity index (χ0) is 12.8. The van der Waals surface area contributed by atoms with Gasteiger partial charge in [0, 0.05) is 19.4 Å². The van der Waals surface area contributed by atoms with Gasteiger partial charge in [0.25, 0.3) is 0 Å². The average Bonchev–Trinajstić information content (AvgIpc) is 2.29. The first-order chi connectivity index (χ1) is 8.06. The van der Waals surface area contributed by atoms with Crippen LogP contribution >= 0.6 is 0 Å². The normalized spacial score (nSPS) is 20.2. The van der Waals surface area contributed by atoms with E-state index in [0.29, 0.717) is 0 Å². The molecule has 0 aromatic heterocycles. The maximum absolute atomic E-state index is 11.6. The van der Waals surface area contributed by atoms with E-state index in [2.05, 4.69) is 0 Å². The van der Waals surface area contributed by atoms with Crippen molar-refractivity contribution in [1.82, 2.24) is 4.90 Å². The third-order valence-electron chi connectivity index (χ3n) is 2.67. The zero-order valence-electron chi connectivity index (χ0n) is 9.85. The molecule has 1 aliphatic heterocycles. The van der Waals surface area contributed by atoms with Crippen molar-refractivity contribution < 1.29 is 24.2 Å². The summed E-state index contributed by atoms with van der Waals surface area (Å²) in [5, 5.41) is 8.95. The number of piperidine rings is 1. The number of aliphatic carboxylic acids is 1. The van der Waals surface area contributed by atoms with E-state index in [4.69, 9.17) is 9.84 Å². The first kappa shape index (κ1) is 13.5. The van der Waals surface area contributed by atoms with E-state index in [-0.39, 0.29) is 31.8 Å². The molecule has 0 spiro atoms. The summed E-state index contributed by atoms with van der Waals surface area (Å²) in [7, 11) is 0. The number of amides is 1. The first-order valence-electron chi connectivity index (χ1n) is 5.74. The van der Waals surface area contributed by atoms with Crippen molar-refractivity contribution in [1.29, 1.82) is 0 Å². The van der Waals surface area contributed by atoms with Crippen LogP contribution in [0.15, 0.2) is 0 Å². The lowest BCUT2D eigenvalue weighted by molar-refractivity contribution is -0.146. The minimum Gasteiger partial charge on any atom is -0.480 e. The molecule has 17 heavy (non-hydrogen) atoms. The van der Waals surface area contributed by atoms with Gasteiger partial charge in [-0.3, -0.25) is 9.69 Å². The summed E-state index contributed by atoms with van der Waals surface area (Å²) in [4.78, 5) is 34.9. The minimum atomic E-state index is -1.16. The molecule has 0 aliphatic carbocycles. The largest absolute Gasteiger partial charge is 0.480 e. The number of carboxylic acid groups (broad SMARTS) is 1. The number of hydrogen-bond acceptors (Lipinski definition) is 4. The Morgan fingerprint density at radius 1 is 1.53 bits per heavy atom. The molecule has 1 N–H and O–H groups in total. The van der Waals surface area contributed by atoms with Crippen molar-refractivity contribution in [3.8, 4) is 0 Å². The fraction of sp³-hybridized carbons (Fsp3) is 0.727. The van der Waals surface area contributed by atoms with Gasteiger partial charge in [0.05, 0.1) is 6.61 Å². The monoisotopic (exact) mass is 243 g/mol. The predicted molar refractivity (Wildman–Crippen MR) is 58.6 cm³/mol. The van der Waals surface area contributed by atoms with Crippen LogP contribution in [0, 0.1) is 0 Å². The van der Waals surface area contributed by atoms with Crippen LogP contribution in [0.4, 0.5) is 4.79 Å². The van der Waals surface area contributed by atoms with E-state index in [1.165, 1.54) is 0 Å². The SMILES string of the molecule is CCCCOC(=O)N1CCC(=O)CC1C(=O)O. The summed E-state index contributed by atoms with van der Waals surface area (Å²) in [6, 6.07) is -1.08. The zero-order valence-corrected chi connectivity index (χ0v) is 9.85.